The predicted octanol–water partition coefficient (Wildman–Crippen LogP) is 3.07. The molecule has 1 heterocycles. The minimum absolute atomic E-state index is 0.160. The molecule has 82 valence electrons. The molecule has 0 spiro atoms. The topological polar surface area (TPSA) is 21.3 Å². The van der Waals surface area contributed by atoms with Crippen LogP contribution in [0.4, 0.5) is 10.1 Å². The van der Waals surface area contributed by atoms with Gasteiger partial charge in [0, 0.05) is 12.6 Å². The molecule has 1 aliphatic heterocycles. The summed E-state index contributed by atoms with van der Waals surface area (Å²) in [4.78, 5) is 0. The van der Waals surface area contributed by atoms with Gasteiger partial charge in [-0.25, -0.2) is 4.39 Å². The summed E-state index contributed by atoms with van der Waals surface area (Å²) in [6, 6.07) is 4.84. The van der Waals surface area contributed by atoms with Gasteiger partial charge in [-0.05, 0) is 25.0 Å². The Hall–Kier alpha value is -0.800. The molecule has 0 aliphatic carbocycles. The summed E-state index contributed by atoms with van der Waals surface area (Å²) in [6.45, 7) is 1.41. The number of anilines is 1. The summed E-state index contributed by atoms with van der Waals surface area (Å²) >= 11 is 5.91. The van der Waals surface area contributed by atoms with Crippen LogP contribution in [0.5, 0.6) is 0 Å². The van der Waals surface area contributed by atoms with Crippen LogP contribution in [0, 0.1) is 5.82 Å². The second kappa shape index (κ2) is 4.81. The first-order valence-corrected chi connectivity index (χ1v) is 5.43. The lowest BCUT2D eigenvalue weighted by molar-refractivity contribution is 0.0875. The second-order valence-electron chi connectivity index (χ2n) is 3.66. The van der Waals surface area contributed by atoms with Crippen molar-refractivity contribution in [3.05, 3.63) is 29.0 Å². The van der Waals surface area contributed by atoms with E-state index in [2.05, 4.69) is 5.32 Å². The zero-order chi connectivity index (χ0) is 10.7. The summed E-state index contributed by atoms with van der Waals surface area (Å²) < 4.78 is 18.7. The van der Waals surface area contributed by atoms with E-state index < -0.39 is 0 Å². The van der Waals surface area contributed by atoms with Crippen molar-refractivity contribution in [2.45, 2.75) is 18.9 Å². The predicted molar refractivity (Wildman–Crippen MR) is 58.9 cm³/mol. The quantitative estimate of drug-likeness (QED) is 0.842. The summed E-state index contributed by atoms with van der Waals surface area (Å²) in [5.41, 5.74) is 0.384. The second-order valence-corrected chi connectivity index (χ2v) is 4.06. The summed E-state index contributed by atoms with van der Waals surface area (Å²) in [5.74, 6) is -0.312. The Bertz CT molecular complexity index is 319. The van der Waals surface area contributed by atoms with Crippen LogP contribution in [0.2, 0.25) is 5.02 Å². The minimum Gasteiger partial charge on any atom is -0.379 e. The Labute approximate surface area is 93.4 Å². The van der Waals surface area contributed by atoms with Crippen LogP contribution in [-0.2, 0) is 4.74 Å². The highest BCUT2D eigenvalue weighted by Gasteiger charge is 2.16. The van der Waals surface area contributed by atoms with Crippen LogP contribution in [0.3, 0.4) is 0 Å². The van der Waals surface area contributed by atoms with E-state index in [1.165, 1.54) is 6.07 Å². The van der Waals surface area contributed by atoms with E-state index in [9.17, 15) is 4.39 Å². The number of benzene rings is 1. The highest BCUT2D eigenvalue weighted by Crippen LogP contribution is 2.26. The van der Waals surface area contributed by atoms with Gasteiger partial charge in [-0.3, -0.25) is 0 Å². The number of ether oxygens (including phenoxy) is 1. The van der Waals surface area contributed by atoms with E-state index in [0.717, 1.165) is 19.4 Å². The maximum atomic E-state index is 13.4. The number of nitrogens with one attached hydrogen (secondary N) is 1. The fourth-order valence-electron chi connectivity index (χ4n) is 1.69. The fraction of sp³-hybridized carbons (Fsp3) is 0.455. The fourth-order valence-corrected chi connectivity index (χ4v) is 1.91. The molecular formula is C11H13ClFNO. The molecule has 4 heteroatoms. The van der Waals surface area contributed by atoms with Gasteiger partial charge in [-0.1, -0.05) is 17.7 Å². The maximum absolute atomic E-state index is 13.4. The zero-order valence-corrected chi connectivity index (χ0v) is 9.06. The first-order valence-electron chi connectivity index (χ1n) is 5.05. The van der Waals surface area contributed by atoms with Gasteiger partial charge >= 0.3 is 0 Å². The average Bonchev–Trinajstić information content (AvgIpc) is 2.25. The number of para-hydroxylation sites is 1. The van der Waals surface area contributed by atoms with Crippen molar-refractivity contribution in [3.8, 4) is 0 Å². The SMILES string of the molecule is Fc1cccc(Cl)c1NC1CCCOC1. The van der Waals surface area contributed by atoms with E-state index in [4.69, 9.17) is 16.3 Å². The molecule has 0 amide bonds. The molecule has 1 fully saturated rings. The molecule has 1 saturated heterocycles. The lowest BCUT2D eigenvalue weighted by Gasteiger charge is -2.24. The Balaban J connectivity index is 2.09. The third-order valence-electron chi connectivity index (χ3n) is 2.47. The largest absolute Gasteiger partial charge is 0.379 e. The Morgan fingerprint density at radius 3 is 3.00 bits per heavy atom. The molecule has 1 aliphatic rings. The molecule has 0 bridgehead atoms. The summed E-state index contributed by atoms with van der Waals surface area (Å²) in [6.07, 6.45) is 1.99. The molecule has 1 atom stereocenters. The van der Waals surface area contributed by atoms with Crippen molar-refractivity contribution >= 4 is 17.3 Å². The summed E-state index contributed by atoms with van der Waals surface area (Å²) in [7, 11) is 0. The van der Waals surface area contributed by atoms with E-state index in [-0.39, 0.29) is 11.9 Å². The molecule has 0 radical (unpaired) electrons. The lowest BCUT2D eigenvalue weighted by atomic mass is 10.1. The molecule has 1 aromatic carbocycles. The molecule has 1 N–H and O–H groups in total. The highest BCUT2D eigenvalue weighted by molar-refractivity contribution is 6.33. The normalized spacial score (nSPS) is 21.3. The van der Waals surface area contributed by atoms with Crippen LogP contribution in [-0.4, -0.2) is 19.3 Å². The van der Waals surface area contributed by atoms with Gasteiger partial charge in [0.2, 0.25) is 0 Å². The number of halogens is 2. The molecule has 15 heavy (non-hydrogen) atoms. The van der Waals surface area contributed by atoms with Gasteiger partial charge in [0.25, 0.3) is 0 Å². The smallest absolute Gasteiger partial charge is 0.147 e. The Morgan fingerprint density at radius 2 is 2.33 bits per heavy atom. The highest BCUT2D eigenvalue weighted by atomic mass is 35.5. The van der Waals surface area contributed by atoms with Crippen LogP contribution < -0.4 is 5.32 Å². The van der Waals surface area contributed by atoms with Gasteiger partial charge in [-0.15, -0.1) is 0 Å². The van der Waals surface area contributed by atoms with Crippen LogP contribution >= 0.6 is 11.6 Å². The molecule has 0 aromatic heterocycles. The van der Waals surface area contributed by atoms with E-state index in [0.29, 0.717) is 17.3 Å². The number of rotatable bonds is 2. The van der Waals surface area contributed by atoms with Gasteiger partial charge in [0.15, 0.2) is 0 Å². The Morgan fingerprint density at radius 1 is 1.47 bits per heavy atom. The van der Waals surface area contributed by atoms with Gasteiger partial charge in [0.05, 0.1) is 17.3 Å². The standard InChI is InChI=1S/C11H13ClFNO/c12-9-4-1-5-10(13)11(9)14-8-3-2-6-15-7-8/h1,4-5,8,14H,2-3,6-7H2. The molecular weight excluding hydrogens is 217 g/mol. The Kier molecular flexibility index (Phi) is 3.44. The van der Waals surface area contributed by atoms with Crippen LogP contribution in [0.1, 0.15) is 12.8 Å². The van der Waals surface area contributed by atoms with Gasteiger partial charge in [0.1, 0.15) is 5.82 Å². The lowest BCUT2D eigenvalue weighted by Crippen LogP contribution is -2.30. The first kappa shape index (κ1) is 10.7. The molecule has 2 nitrogen and oxygen atoms in total. The monoisotopic (exact) mass is 229 g/mol. The molecule has 2 rings (SSSR count). The van der Waals surface area contributed by atoms with E-state index in [1.54, 1.807) is 12.1 Å². The molecule has 1 unspecified atom stereocenters. The van der Waals surface area contributed by atoms with Crippen molar-refractivity contribution in [2.75, 3.05) is 18.5 Å². The number of hydrogen-bond acceptors (Lipinski definition) is 2. The maximum Gasteiger partial charge on any atom is 0.147 e. The first-order chi connectivity index (χ1) is 7.27. The van der Waals surface area contributed by atoms with Crippen molar-refractivity contribution in [1.82, 2.24) is 0 Å². The van der Waals surface area contributed by atoms with E-state index >= 15 is 0 Å². The van der Waals surface area contributed by atoms with E-state index in [1.807, 2.05) is 0 Å². The zero-order valence-electron chi connectivity index (χ0n) is 8.30. The minimum atomic E-state index is -0.312. The molecule has 1 aromatic rings. The average molecular weight is 230 g/mol. The molecule has 0 saturated carbocycles. The number of hydrogen-bond donors (Lipinski definition) is 1. The van der Waals surface area contributed by atoms with Gasteiger partial charge < -0.3 is 10.1 Å². The van der Waals surface area contributed by atoms with Gasteiger partial charge in [-0.2, -0.15) is 0 Å². The van der Waals surface area contributed by atoms with Crippen molar-refractivity contribution in [1.29, 1.82) is 0 Å². The summed E-state index contributed by atoms with van der Waals surface area (Å²) in [5, 5.41) is 3.50. The van der Waals surface area contributed by atoms with Crippen molar-refractivity contribution in [3.63, 3.8) is 0 Å². The third-order valence-corrected chi connectivity index (χ3v) is 2.79. The van der Waals surface area contributed by atoms with Crippen LogP contribution in [0.15, 0.2) is 18.2 Å². The van der Waals surface area contributed by atoms with Crippen molar-refractivity contribution in [2.24, 2.45) is 0 Å². The third kappa shape index (κ3) is 2.61. The van der Waals surface area contributed by atoms with Crippen LogP contribution in [0.25, 0.3) is 0 Å². The van der Waals surface area contributed by atoms with Crippen molar-refractivity contribution < 1.29 is 9.13 Å².